The fourth-order valence-electron chi connectivity index (χ4n) is 4.24. The lowest BCUT2D eigenvalue weighted by molar-refractivity contribution is -0.136. The summed E-state index contributed by atoms with van der Waals surface area (Å²) in [6.07, 6.45) is -0.210. The Hall–Kier alpha value is -4.00. The van der Waals surface area contributed by atoms with Gasteiger partial charge in [-0.05, 0) is 73.4 Å². The summed E-state index contributed by atoms with van der Waals surface area (Å²) in [5.41, 5.74) is 5.42. The van der Waals surface area contributed by atoms with Crippen LogP contribution in [0.2, 0.25) is 0 Å². The lowest BCUT2D eigenvalue weighted by Crippen LogP contribution is -2.41. The van der Waals surface area contributed by atoms with E-state index in [9.17, 15) is 9.59 Å². The van der Waals surface area contributed by atoms with Gasteiger partial charge >= 0.3 is 5.97 Å². The van der Waals surface area contributed by atoms with Crippen molar-refractivity contribution in [1.82, 2.24) is 0 Å². The highest BCUT2D eigenvalue weighted by Gasteiger charge is 2.24. The molecular weight excluding hydrogens is 444 g/mol. The molecule has 4 rings (SSSR count). The van der Waals surface area contributed by atoms with E-state index in [0.29, 0.717) is 29.2 Å². The highest BCUT2D eigenvalue weighted by Crippen LogP contribution is 2.32. The Balaban J connectivity index is 1.44. The molecule has 3 aromatic carbocycles. The van der Waals surface area contributed by atoms with Gasteiger partial charge in [-0.25, -0.2) is 0 Å². The number of hydrogen-bond donors (Lipinski definition) is 2. The molecule has 0 spiro atoms. The standard InChI is InChI=1S/C28H30N2O5/c1-17-9-10-20(14-27(31)32)13-23(17)29-28(33)22-11-12-25(19(3)18(22)2)34-16-21-15-30(4)24-7-5-6-8-26(24)35-21/h5-13,21H,14-16H2,1-4H3,(H,29,33)(H,31,32)/t21-/m0/s1. The van der Waals surface area contributed by atoms with Crippen molar-refractivity contribution in [2.45, 2.75) is 33.3 Å². The van der Waals surface area contributed by atoms with Crippen LogP contribution in [0.15, 0.2) is 54.6 Å². The monoisotopic (exact) mass is 474 g/mol. The van der Waals surface area contributed by atoms with Crippen molar-refractivity contribution in [3.8, 4) is 11.5 Å². The molecule has 182 valence electrons. The van der Waals surface area contributed by atoms with Crippen LogP contribution in [0, 0.1) is 20.8 Å². The van der Waals surface area contributed by atoms with Crippen LogP contribution in [0.5, 0.6) is 11.5 Å². The smallest absolute Gasteiger partial charge is 0.307 e. The van der Waals surface area contributed by atoms with Gasteiger partial charge in [-0.15, -0.1) is 0 Å². The third kappa shape index (κ3) is 5.40. The van der Waals surface area contributed by atoms with E-state index < -0.39 is 5.97 Å². The Morgan fingerprint density at radius 1 is 1.09 bits per heavy atom. The lowest BCUT2D eigenvalue weighted by atomic mass is 10.0. The first-order chi connectivity index (χ1) is 16.7. The summed E-state index contributed by atoms with van der Waals surface area (Å²) in [4.78, 5) is 26.2. The summed E-state index contributed by atoms with van der Waals surface area (Å²) in [6.45, 7) is 6.81. The van der Waals surface area contributed by atoms with Crippen LogP contribution < -0.4 is 19.7 Å². The molecule has 1 aliphatic rings. The summed E-state index contributed by atoms with van der Waals surface area (Å²) in [5.74, 6) is 0.394. The van der Waals surface area contributed by atoms with Crippen LogP contribution in [0.3, 0.4) is 0 Å². The average Bonchev–Trinajstić information content (AvgIpc) is 2.82. The van der Waals surface area contributed by atoms with Gasteiger partial charge in [0.1, 0.15) is 24.2 Å². The Kier molecular flexibility index (Phi) is 6.96. The maximum atomic E-state index is 13.0. The predicted octanol–water partition coefficient (Wildman–Crippen LogP) is 4.77. The molecule has 2 N–H and O–H groups in total. The minimum Gasteiger partial charge on any atom is -0.489 e. The third-order valence-electron chi connectivity index (χ3n) is 6.36. The van der Waals surface area contributed by atoms with Crippen molar-refractivity contribution in [3.05, 3.63) is 82.4 Å². The zero-order valence-corrected chi connectivity index (χ0v) is 20.4. The average molecular weight is 475 g/mol. The number of anilines is 2. The maximum absolute atomic E-state index is 13.0. The minimum absolute atomic E-state index is 0.0978. The number of nitrogens with one attached hydrogen (secondary N) is 1. The summed E-state index contributed by atoms with van der Waals surface area (Å²) in [7, 11) is 2.04. The summed E-state index contributed by atoms with van der Waals surface area (Å²) >= 11 is 0. The van der Waals surface area contributed by atoms with Crippen molar-refractivity contribution in [2.75, 3.05) is 30.4 Å². The van der Waals surface area contributed by atoms with Gasteiger partial charge in [-0.1, -0.05) is 24.3 Å². The number of likely N-dealkylation sites (N-methyl/N-ethyl adjacent to an activating group) is 1. The summed E-state index contributed by atoms with van der Waals surface area (Å²) in [5, 5.41) is 12.0. The van der Waals surface area contributed by atoms with Gasteiger partial charge in [0.05, 0.1) is 18.7 Å². The molecule has 0 aromatic heterocycles. The van der Waals surface area contributed by atoms with Crippen molar-refractivity contribution >= 4 is 23.3 Å². The number of carboxylic acids is 1. The Morgan fingerprint density at radius 2 is 1.86 bits per heavy atom. The molecule has 1 heterocycles. The van der Waals surface area contributed by atoms with Gasteiger partial charge in [-0.2, -0.15) is 0 Å². The highest BCUT2D eigenvalue weighted by molar-refractivity contribution is 6.06. The minimum atomic E-state index is -0.914. The van der Waals surface area contributed by atoms with Gasteiger partial charge in [-0.3, -0.25) is 9.59 Å². The topological polar surface area (TPSA) is 88.1 Å². The number of rotatable bonds is 7. The molecule has 0 bridgehead atoms. The van der Waals surface area contributed by atoms with Crippen molar-refractivity contribution in [2.24, 2.45) is 0 Å². The van der Waals surface area contributed by atoms with Crippen LogP contribution in [0.4, 0.5) is 11.4 Å². The zero-order valence-electron chi connectivity index (χ0n) is 20.4. The van der Waals surface area contributed by atoms with Gasteiger partial charge in [0.15, 0.2) is 0 Å². The van der Waals surface area contributed by atoms with E-state index >= 15 is 0 Å². The highest BCUT2D eigenvalue weighted by atomic mass is 16.5. The number of benzene rings is 3. The van der Waals surface area contributed by atoms with Crippen molar-refractivity contribution in [1.29, 1.82) is 0 Å². The molecule has 0 unspecified atom stereocenters. The number of carboxylic acid groups (broad SMARTS) is 1. The van der Waals surface area contributed by atoms with Crippen LogP contribution in [-0.2, 0) is 11.2 Å². The first-order valence-electron chi connectivity index (χ1n) is 11.6. The first kappa shape index (κ1) is 24.1. The summed E-state index contributed by atoms with van der Waals surface area (Å²) < 4.78 is 12.2. The molecule has 0 radical (unpaired) electrons. The quantitative estimate of drug-likeness (QED) is 0.513. The van der Waals surface area contributed by atoms with Crippen LogP contribution in [0.1, 0.15) is 32.6 Å². The molecule has 1 atom stereocenters. The van der Waals surface area contributed by atoms with E-state index in [1.807, 2.05) is 64.2 Å². The van der Waals surface area contributed by atoms with Crippen molar-refractivity contribution in [3.63, 3.8) is 0 Å². The van der Waals surface area contributed by atoms with Crippen LogP contribution >= 0.6 is 0 Å². The second kappa shape index (κ2) is 10.1. The van der Waals surface area contributed by atoms with Gasteiger partial charge < -0.3 is 24.8 Å². The third-order valence-corrected chi connectivity index (χ3v) is 6.36. The number of ether oxygens (including phenoxy) is 2. The fourth-order valence-corrected chi connectivity index (χ4v) is 4.24. The summed E-state index contributed by atoms with van der Waals surface area (Å²) in [6, 6.07) is 16.8. The predicted molar refractivity (Wildman–Crippen MR) is 136 cm³/mol. The molecule has 0 saturated carbocycles. The number of amides is 1. The van der Waals surface area contributed by atoms with Crippen LogP contribution in [-0.4, -0.2) is 43.3 Å². The number of nitrogens with zero attached hydrogens (tertiary/aromatic N) is 1. The maximum Gasteiger partial charge on any atom is 0.307 e. The second-order valence-electron chi connectivity index (χ2n) is 8.93. The number of aryl methyl sites for hydroxylation is 1. The number of aliphatic carboxylic acids is 1. The lowest BCUT2D eigenvalue weighted by Gasteiger charge is -2.33. The molecule has 35 heavy (non-hydrogen) atoms. The van der Waals surface area contributed by atoms with E-state index in [1.54, 1.807) is 18.2 Å². The molecule has 1 aliphatic heterocycles. The molecule has 0 saturated heterocycles. The molecule has 1 amide bonds. The van der Waals surface area contributed by atoms with Gasteiger partial charge in [0.2, 0.25) is 0 Å². The van der Waals surface area contributed by atoms with Gasteiger partial charge in [0.25, 0.3) is 5.91 Å². The second-order valence-corrected chi connectivity index (χ2v) is 8.93. The number of hydrogen-bond acceptors (Lipinski definition) is 5. The number of fused-ring (bicyclic) bond motifs is 1. The normalized spacial score (nSPS) is 14.6. The van der Waals surface area contributed by atoms with E-state index in [2.05, 4.69) is 10.2 Å². The number of carbonyl (C=O) groups excluding carboxylic acids is 1. The van der Waals surface area contributed by atoms with E-state index in [0.717, 1.165) is 34.7 Å². The van der Waals surface area contributed by atoms with Crippen LogP contribution in [0.25, 0.3) is 0 Å². The molecular formula is C28H30N2O5. The van der Waals surface area contributed by atoms with Gasteiger partial charge in [0, 0.05) is 18.3 Å². The molecule has 3 aromatic rings. The number of carbonyl (C=O) groups is 2. The van der Waals surface area contributed by atoms with E-state index in [-0.39, 0.29) is 18.4 Å². The number of para-hydroxylation sites is 2. The van der Waals surface area contributed by atoms with Crippen molar-refractivity contribution < 1.29 is 24.2 Å². The largest absolute Gasteiger partial charge is 0.489 e. The fraction of sp³-hybridized carbons (Fsp3) is 0.286. The van der Waals surface area contributed by atoms with E-state index in [4.69, 9.17) is 14.6 Å². The molecule has 0 aliphatic carbocycles. The first-order valence-corrected chi connectivity index (χ1v) is 11.6. The Labute approximate surface area is 205 Å². The molecule has 0 fully saturated rings. The SMILES string of the molecule is Cc1ccc(CC(=O)O)cc1NC(=O)c1ccc(OC[C@@H]2CN(C)c3ccccc3O2)c(C)c1C. The van der Waals surface area contributed by atoms with E-state index in [1.165, 1.54) is 0 Å². The zero-order chi connectivity index (χ0) is 25.1. The molecule has 7 heteroatoms. The molecule has 7 nitrogen and oxygen atoms in total. The Morgan fingerprint density at radius 3 is 2.63 bits per heavy atom. The Bertz CT molecular complexity index is 1270.